The average molecular weight is 277 g/mol. The highest BCUT2D eigenvalue weighted by Crippen LogP contribution is 2.30. The van der Waals surface area contributed by atoms with Crippen LogP contribution >= 0.6 is 0 Å². The van der Waals surface area contributed by atoms with E-state index in [4.69, 9.17) is 0 Å². The number of pyridine rings is 1. The van der Waals surface area contributed by atoms with Crippen molar-refractivity contribution in [2.24, 2.45) is 5.92 Å². The van der Waals surface area contributed by atoms with Gasteiger partial charge in [0.1, 0.15) is 0 Å². The maximum atomic E-state index is 14.7. The van der Waals surface area contributed by atoms with Gasteiger partial charge in [-0.05, 0) is 44.6 Å². The molecule has 3 nitrogen and oxygen atoms in total. The molecule has 110 valence electrons. The van der Waals surface area contributed by atoms with Gasteiger partial charge in [0.05, 0.1) is 0 Å². The number of nitrogens with one attached hydrogen (secondary N) is 1. The van der Waals surface area contributed by atoms with Gasteiger partial charge in [-0.1, -0.05) is 6.92 Å². The van der Waals surface area contributed by atoms with Crippen LogP contribution in [0.2, 0.25) is 0 Å². The first-order valence-corrected chi connectivity index (χ1v) is 7.80. The number of anilines is 1. The van der Waals surface area contributed by atoms with Gasteiger partial charge in [-0.15, -0.1) is 0 Å². The van der Waals surface area contributed by atoms with Gasteiger partial charge in [0.2, 0.25) is 0 Å². The summed E-state index contributed by atoms with van der Waals surface area (Å²) in [7, 11) is 0. The van der Waals surface area contributed by atoms with Gasteiger partial charge in [-0.3, -0.25) is 0 Å². The summed E-state index contributed by atoms with van der Waals surface area (Å²) in [6.45, 7) is 5.95. The van der Waals surface area contributed by atoms with Crippen molar-refractivity contribution >= 4 is 5.82 Å². The first kappa shape index (κ1) is 13.8. The fraction of sp³-hybridized carbons (Fsp3) is 0.688. The van der Waals surface area contributed by atoms with E-state index in [2.05, 4.69) is 29.0 Å². The van der Waals surface area contributed by atoms with Crippen molar-refractivity contribution in [2.75, 3.05) is 11.4 Å². The predicted octanol–water partition coefficient (Wildman–Crippen LogP) is 3.10. The molecule has 4 heteroatoms. The second-order valence-corrected chi connectivity index (χ2v) is 6.32. The van der Waals surface area contributed by atoms with Gasteiger partial charge < -0.3 is 10.2 Å². The summed E-state index contributed by atoms with van der Waals surface area (Å²) in [5.74, 6) is 0.999. The lowest BCUT2D eigenvalue weighted by molar-refractivity contribution is 0.357. The number of piperidine rings is 1. The molecular formula is C16H24FN3. The van der Waals surface area contributed by atoms with Gasteiger partial charge in [0.15, 0.2) is 11.6 Å². The lowest BCUT2D eigenvalue weighted by Gasteiger charge is -2.39. The third-order valence-corrected chi connectivity index (χ3v) is 4.75. The Labute approximate surface area is 120 Å². The summed E-state index contributed by atoms with van der Waals surface area (Å²) < 4.78 is 14.7. The summed E-state index contributed by atoms with van der Waals surface area (Å²) in [5.41, 5.74) is 0.743. The van der Waals surface area contributed by atoms with Crippen molar-refractivity contribution in [1.82, 2.24) is 10.3 Å². The summed E-state index contributed by atoms with van der Waals surface area (Å²) in [6, 6.07) is 2.75. The van der Waals surface area contributed by atoms with E-state index in [1.165, 1.54) is 19.3 Å². The van der Waals surface area contributed by atoms with Crippen LogP contribution in [-0.2, 0) is 6.54 Å². The molecule has 2 atom stereocenters. The highest BCUT2D eigenvalue weighted by molar-refractivity contribution is 5.44. The lowest BCUT2D eigenvalue weighted by Crippen LogP contribution is -2.43. The SMILES string of the molecule is CC1CCCN(c2nccc(CNC3CC3)c2F)C1C. The topological polar surface area (TPSA) is 28.2 Å². The van der Waals surface area contributed by atoms with Crippen molar-refractivity contribution in [3.8, 4) is 0 Å². The van der Waals surface area contributed by atoms with Crippen LogP contribution < -0.4 is 10.2 Å². The maximum Gasteiger partial charge on any atom is 0.170 e. The second-order valence-electron chi connectivity index (χ2n) is 6.32. The Morgan fingerprint density at radius 3 is 2.90 bits per heavy atom. The minimum atomic E-state index is -0.137. The van der Waals surface area contributed by atoms with E-state index in [0.717, 1.165) is 18.5 Å². The average Bonchev–Trinajstić information content (AvgIpc) is 3.25. The van der Waals surface area contributed by atoms with Crippen LogP contribution in [0.4, 0.5) is 10.2 Å². The standard InChI is InChI=1S/C16H24FN3/c1-11-4-3-9-20(12(11)2)16-15(17)13(7-8-18-16)10-19-14-5-6-14/h7-8,11-12,14,19H,3-6,9-10H2,1-2H3. The molecule has 0 spiro atoms. The van der Waals surface area contributed by atoms with E-state index in [9.17, 15) is 4.39 Å². The largest absolute Gasteiger partial charge is 0.351 e. The van der Waals surface area contributed by atoms with Gasteiger partial charge in [0.25, 0.3) is 0 Å². The molecular weight excluding hydrogens is 253 g/mol. The molecule has 0 radical (unpaired) electrons. The number of halogens is 1. The highest BCUT2D eigenvalue weighted by atomic mass is 19.1. The van der Waals surface area contributed by atoms with Gasteiger partial charge in [-0.25, -0.2) is 9.37 Å². The number of aromatic nitrogens is 1. The van der Waals surface area contributed by atoms with E-state index in [0.29, 0.717) is 30.4 Å². The predicted molar refractivity (Wildman–Crippen MR) is 79.3 cm³/mol. The Bertz CT molecular complexity index is 473. The Hall–Kier alpha value is -1.16. The van der Waals surface area contributed by atoms with Crippen molar-refractivity contribution in [3.63, 3.8) is 0 Å². The van der Waals surface area contributed by atoms with E-state index >= 15 is 0 Å². The molecule has 0 aromatic carbocycles. The number of hydrogen-bond acceptors (Lipinski definition) is 3. The molecule has 1 N–H and O–H groups in total. The Kier molecular flexibility index (Phi) is 3.92. The van der Waals surface area contributed by atoms with E-state index < -0.39 is 0 Å². The fourth-order valence-corrected chi connectivity index (χ4v) is 2.98. The summed E-state index contributed by atoms with van der Waals surface area (Å²) in [4.78, 5) is 6.46. The molecule has 1 aliphatic heterocycles. The molecule has 3 rings (SSSR count). The van der Waals surface area contributed by atoms with Crippen LogP contribution in [0.15, 0.2) is 12.3 Å². The number of nitrogens with zero attached hydrogens (tertiary/aromatic N) is 2. The Balaban J connectivity index is 1.79. The van der Waals surface area contributed by atoms with Crippen molar-refractivity contribution in [3.05, 3.63) is 23.6 Å². The molecule has 1 aromatic rings. The van der Waals surface area contributed by atoms with Crippen LogP contribution in [0.25, 0.3) is 0 Å². The molecule has 2 fully saturated rings. The van der Waals surface area contributed by atoms with Crippen molar-refractivity contribution in [2.45, 2.75) is 58.2 Å². The Morgan fingerprint density at radius 2 is 2.15 bits per heavy atom. The first-order chi connectivity index (χ1) is 9.66. The smallest absolute Gasteiger partial charge is 0.170 e. The van der Waals surface area contributed by atoms with E-state index in [1.807, 2.05) is 0 Å². The van der Waals surface area contributed by atoms with Crippen LogP contribution in [0.1, 0.15) is 45.1 Å². The number of rotatable bonds is 4. The third kappa shape index (κ3) is 2.80. The van der Waals surface area contributed by atoms with Crippen molar-refractivity contribution < 1.29 is 4.39 Å². The zero-order valence-electron chi connectivity index (χ0n) is 12.4. The Morgan fingerprint density at radius 1 is 1.35 bits per heavy atom. The minimum absolute atomic E-state index is 0.137. The van der Waals surface area contributed by atoms with Gasteiger partial charge in [-0.2, -0.15) is 0 Å². The molecule has 0 amide bonds. The van der Waals surface area contributed by atoms with E-state index in [-0.39, 0.29) is 5.82 Å². The molecule has 1 saturated heterocycles. The molecule has 1 saturated carbocycles. The fourth-order valence-electron chi connectivity index (χ4n) is 2.98. The molecule has 1 aromatic heterocycles. The molecule has 2 unspecified atom stereocenters. The zero-order valence-corrected chi connectivity index (χ0v) is 12.4. The second kappa shape index (κ2) is 5.68. The van der Waals surface area contributed by atoms with Crippen LogP contribution in [0.3, 0.4) is 0 Å². The number of hydrogen-bond donors (Lipinski definition) is 1. The monoisotopic (exact) mass is 277 g/mol. The molecule has 2 heterocycles. The van der Waals surface area contributed by atoms with Gasteiger partial charge in [0, 0.05) is 36.9 Å². The van der Waals surface area contributed by atoms with Gasteiger partial charge >= 0.3 is 0 Å². The summed E-state index contributed by atoms with van der Waals surface area (Å²) in [6.07, 6.45) is 6.54. The highest BCUT2D eigenvalue weighted by Gasteiger charge is 2.28. The molecule has 0 bridgehead atoms. The summed E-state index contributed by atoms with van der Waals surface area (Å²) in [5, 5.41) is 3.38. The van der Waals surface area contributed by atoms with Crippen LogP contribution in [0.5, 0.6) is 0 Å². The zero-order chi connectivity index (χ0) is 14.1. The van der Waals surface area contributed by atoms with Crippen molar-refractivity contribution in [1.29, 1.82) is 0 Å². The molecule has 20 heavy (non-hydrogen) atoms. The normalized spacial score (nSPS) is 26.9. The quantitative estimate of drug-likeness (QED) is 0.916. The van der Waals surface area contributed by atoms with E-state index in [1.54, 1.807) is 12.3 Å². The molecule has 2 aliphatic rings. The minimum Gasteiger partial charge on any atom is -0.351 e. The lowest BCUT2D eigenvalue weighted by atomic mass is 9.92. The first-order valence-electron chi connectivity index (χ1n) is 7.80. The summed E-state index contributed by atoms with van der Waals surface area (Å²) >= 11 is 0. The van der Waals surface area contributed by atoms with Crippen LogP contribution in [-0.4, -0.2) is 23.6 Å². The maximum absolute atomic E-state index is 14.7. The third-order valence-electron chi connectivity index (χ3n) is 4.75. The van der Waals surface area contributed by atoms with Crippen LogP contribution in [0, 0.1) is 11.7 Å². The molecule has 1 aliphatic carbocycles.